The average molecular weight is 360 g/mol. The lowest BCUT2D eigenvalue weighted by atomic mass is 10.1. The number of ether oxygens (including phenoxy) is 1. The molecule has 1 unspecified atom stereocenters. The van der Waals surface area contributed by atoms with E-state index < -0.39 is 0 Å². The Morgan fingerprint density at radius 3 is 2.88 bits per heavy atom. The van der Waals surface area contributed by atoms with Crippen LogP contribution in [0.2, 0.25) is 0 Å². The Morgan fingerprint density at radius 2 is 2.16 bits per heavy atom. The zero-order valence-corrected chi connectivity index (χ0v) is 15.9. The van der Waals surface area contributed by atoms with E-state index in [4.69, 9.17) is 17.0 Å². The summed E-state index contributed by atoms with van der Waals surface area (Å²) < 4.78 is 5.57. The summed E-state index contributed by atoms with van der Waals surface area (Å²) in [6, 6.07) is 10.3. The van der Waals surface area contributed by atoms with Crippen LogP contribution in [0.5, 0.6) is 0 Å². The zero-order chi connectivity index (χ0) is 17.7. The van der Waals surface area contributed by atoms with Gasteiger partial charge in [-0.2, -0.15) is 5.10 Å². The van der Waals surface area contributed by atoms with E-state index in [1.165, 1.54) is 30.4 Å². The summed E-state index contributed by atoms with van der Waals surface area (Å²) in [4.78, 5) is 0. The van der Waals surface area contributed by atoms with Crippen LogP contribution in [0.25, 0.3) is 6.08 Å². The number of hydrazone groups is 1. The predicted molar refractivity (Wildman–Crippen MR) is 110 cm³/mol. The smallest absolute Gasteiger partial charge is 0.187 e. The van der Waals surface area contributed by atoms with E-state index in [-0.39, 0.29) is 6.10 Å². The standard InChI is InChI=1S/C20H29N3OS/c1-2-3-5-11-18(14-17-9-6-4-7-10-17)15-22-23-20(25)21-16-19-12-8-13-24-19/h4,6-7,9-10,14-15,19H,2-3,5,8,11-13,16H2,1H3,(H2,21,23,25)/b18-14+,22-15+. The third-order valence-electron chi connectivity index (χ3n) is 4.13. The predicted octanol–water partition coefficient (Wildman–Crippen LogP) is 4.28. The van der Waals surface area contributed by atoms with E-state index in [1.54, 1.807) is 0 Å². The summed E-state index contributed by atoms with van der Waals surface area (Å²) in [5.74, 6) is 0. The third kappa shape index (κ3) is 8.27. The van der Waals surface area contributed by atoms with Crippen molar-refractivity contribution in [3.05, 3.63) is 41.5 Å². The summed E-state index contributed by atoms with van der Waals surface area (Å²) in [7, 11) is 0. The van der Waals surface area contributed by atoms with E-state index >= 15 is 0 Å². The Labute approximate surface area is 156 Å². The molecule has 5 heteroatoms. The number of rotatable bonds is 9. The van der Waals surface area contributed by atoms with Crippen molar-refractivity contribution in [1.82, 2.24) is 10.7 Å². The van der Waals surface area contributed by atoms with Crippen LogP contribution in [-0.2, 0) is 4.74 Å². The highest BCUT2D eigenvalue weighted by Gasteiger charge is 2.14. The molecule has 4 nitrogen and oxygen atoms in total. The Balaban J connectivity index is 1.83. The van der Waals surface area contributed by atoms with Crippen molar-refractivity contribution in [2.45, 2.75) is 51.6 Å². The van der Waals surface area contributed by atoms with Crippen molar-refractivity contribution in [3.8, 4) is 0 Å². The van der Waals surface area contributed by atoms with Gasteiger partial charge in [0.2, 0.25) is 0 Å². The molecule has 0 radical (unpaired) electrons. The van der Waals surface area contributed by atoms with Gasteiger partial charge in [0.1, 0.15) is 0 Å². The number of hydrogen-bond acceptors (Lipinski definition) is 3. The number of hydrogen-bond donors (Lipinski definition) is 2. The van der Waals surface area contributed by atoms with Crippen LogP contribution in [0.3, 0.4) is 0 Å². The number of nitrogens with zero attached hydrogens (tertiary/aromatic N) is 1. The molecule has 0 amide bonds. The molecule has 136 valence electrons. The molecule has 1 aromatic carbocycles. The zero-order valence-electron chi connectivity index (χ0n) is 15.0. The number of benzene rings is 1. The van der Waals surface area contributed by atoms with Crippen molar-refractivity contribution in [2.24, 2.45) is 5.10 Å². The van der Waals surface area contributed by atoms with Gasteiger partial charge in [-0.3, -0.25) is 5.43 Å². The van der Waals surface area contributed by atoms with E-state index in [2.05, 4.69) is 53.1 Å². The third-order valence-corrected chi connectivity index (χ3v) is 4.37. The first-order valence-electron chi connectivity index (χ1n) is 9.22. The highest BCUT2D eigenvalue weighted by Crippen LogP contribution is 2.12. The monoisotopic (exact) mass is 359 g/mol. The van der Waals surface area contributed by atoms with Crippen LogP contribution in [0.4, 0.5) is 0 Å². The molecule has 0 aromatic heterocycles. The molecule has 2 N–H and O–H groups in total. The van der Waals surface area contributed by atoms with E-state index in [1.807, 2.05) is 12.3 Å². The van der Waals surface area contributed by atoms with Gasteiger partial charge >= 0.3 is 0 Å². The quantitative estimate of drug-likeness (QED) is 0.299. The van der Waals surface area contributed by atoms with E-state index in [9.17, 15) is 0 Å². The van der Waals surface area contributed by atoms with Gasteiger partial charge in [0.15, 0.2) is 5.11 Å². The SMILES string of the molecule is CCCCCC(/C=N/NC(=S)NCC1CCCO1)=C\c1ccccc1. The highest BCUT2D eigenvalue weighted by atomic mass is 32.1. The lowest BCUT2D eigenvalue weighted by Crippen LogP contribution is -2.37. The van der Waals surface area contributed by atoms with Crippen LogP contribution in [0, 0.1) is 0 Å². The Morgan fingerprint density at radius 1 is 1.32 bits per heavy atom. The van der Waals surface area contributed by atoms with Crippen molar-refractivity contribution in [3.63, 3.8) is 0 Å². The summed E-state index contributed by atoms with van der Waals surface area (Å²) in [5.41, 5.74) is 5.30. The Kier molecular flexibility index (Phi) is 9.23. The first kappa shape index (κ1) is 19.6. The maximum atomic E-state index is 5.57. The minimum Gasteiger partial charge on any atom is -0.376 e. The lowest BCUT2D eigenvalue weighted by molar-refractivity contribution is 0.114. The lowest BCUT2D eigenvalue weighted by Gasteiger charge is -2.11. The minimum absolute atomic E-state index is 0.270. The number of unbranched alkanes of at least 4 members (excludes halogenated alkanes) is 2. The van der Waals surface area contributed by atoms with Crippen LogP contribution in [0.15, 0.2) is 41.0 Å². The molecule has 1 saturated heterocycles. The van der Waals surface area contributed by atoms with Crippen LogP contribution >= 0.6 is 12.2 Å². The molecule has 1 aliphatic heterocycles. The second-order valence-corrected chi connectivity index (χ2v) is 6.71. The summed E-state index contributed by atoms with van der Waals surface area (Å²) >= 11 is 5.27. The van der Waals surface area contributed by atoms with Crippen molar-refractivity contribution in [2.75, 3.05) is 13.2 Å². The maximum absolute atomic E-state index is 5.57. The molecule has 0 bridgehead atoms. The van der Waals surface area contributed by atoms with Gasteiger partial charge in [-0.1, -0.05) is 56.2 Å². The fourth-order valence-electron chi connectivity index (χ4n) is 2.74. The molecule has 1 heterocycles. The van der Waals surface area contributed by atoms with Gasteiger partial charge in [-0.25, -0.2) is 0 Å². The second-order valence-electron chi connectivity index (χ2n) is 6.30. The molecule has 0 saturated carbocycles. The largest absolute Gasteiger partial charge is 0.376 e. The average Bonchev–Trinajstić information content (AvgIpc) is 3.14. The van der Waals surface area contributed by atoms with Crippen molar-refractivity contribution < 1.29 is 4.74 Å². The van der Waals surface area contributed by atoms with E-state index in [0.717, 1.165) is 32.4 Å². The fraction of sp³-hybridized carbons (Fsp3) is 0.500. The molecule has 1 aromatic rings. The van der Waals surface area contributed by atoms with Crippen LogP contribution in [0.1, 0.15) is 51.0 Å². The van der Waals surface area contributed by atoms with Gasteiger partial charge in [0.25, 0.3) is 0 Å². The summed E-state index contributed by atoms with van der Waals surface area (Å²) in [5, 5.41) is 8.01. The minimum atomic E-state index is 0.270. The molecule has 0 aliphatic carbocycles. The highest BCUT2D eigenvalue weighted by molar-refractivity contribution is 7.80. The molecular formula is C20H29N3OS. The first-order valence-corrected chi connectivity index (χ1v) is 9.63. The Hall–Kier alpha value is -1.72. The normalized spacial score (nSPS) is 17.8. The maximum Gasteiger partial charge on any atom is 0.187 e. The number of thiocarbonyl (C=S) groups is 1. The van der Waals surface area contributed by atoms with Gasteiger partial charge in [-0.05, 0) is 49.0 Å². The second kappa shape index (κ2) is 11.8. The van der Waals surface area contributed by atoms with E-state index in [0.29, 0.717) is 5.11 Å². The summed E-state index contributed by atoms with van der Waals surface area (Å²) in [6.45, 7) is 3.81. The molecule has 1 atom stereocenters. The number of nitrogens with one attached hydrogen (secondary N) is 2. The van der Waals surface area contributed by atoms with Crippen LogP contribution < -0.4 is 10.7 Å². The van der Waals surface area contributed by atoms with Crippen LogP contribution in [-0.4, -0.2) is 30.6 Å². The van der Waals surface area contributed by atoms with Gasteiger partial charge in [-0.15, -0.1) is 0 Å². The molecule has 2 rings (SSSR count). The summed E-state index contributed by atoms with van der Waals surface area (Å²) in [6.07, 6.45) is 11.2. The molecule has 25 heavy (non-hydrogen) atoms. The Bertz CT molecular complexity index is 566. The van der Waals surface area contributed by atoms with Gasteiger partial charge < -0.3 is 10.1 Å². The fourth-order valence-corrected chi connectivity index (χ4v) is 2.88. The molecule has 1 fully saturated rings. The van der Waals surface area contributed by atoms with Gasteiger partial charge in [0, 0.05) is 13.2 Å². The molecule has 0 spiro atoms. The topological polar surface area (TPSA) is 45.7 Å². The molecular weight excluding hydrogens is 330 g/mol. The first-order chi connectivity index (χ1) is 12.3. The van der Waals surface area contributed by atoms with Crippen molar-refractivity contribution in [1.29, 1.82) is 0 Å². The number of allylic oxidation sites excluding steroid dienone is 1. The van der Waals surface area contributed by atoms with Crippen molar-refractivity contribution >= 4 is 29.6 Å². The molecule has 1 aliphatic rings. The van der Waals surface area contributed by atoms with Gasteiger partial charge in [0.05, 0.1) is 12.3 Å².